The molecule has 0 saturated heterocycles. The van der Waals surface area contributed by atoms with Gasteiger partial charge in [0.15, 0.2) is 0 Å². The Labute approximate surface area is 111 Å². The summed E-state index contributed by atoms with van der Waals surface area (Å²) >= 11 is 6.02. The second-order valence-electron chi connectivity index (χ2n) is 4.04. The largest absolute Gasteiger partial charge is 0.496 e. The third kappa shape index (κ3) is 2.39. The number of carbonyl (C=O) groups is 1. The quantitative estimate of drug-likeness (QED) is 0.776. The molecule has 2 nitrogen and oxygen atoms in total. The minimum atomic E-state index is 0.657. The molecule has 0 fully saturated rings. The maximum Gasteiger partial charge on any atom is 0.150 e. The van der Waals surface area contributed by atoms with Crippen molar-refractivity contribution in [2.75, 3.05) is 7.11 Å². The summed E-state index contributed by atoms with van der Waals surface area (Å²) in [7, 11) is 1.63. The highest BCUT2D eigenvalue weighted by molar-refractivity contribution is 6.31. The summed E-state index contributed by atoms with van der Waals surface area (Å²) in [5.74, 6) is 0.765. The van der Waals surface area contributed by atoms with E-state index >= 15 is 0 Å². The fraction of sp³-hybridized carbons (Fsp3) is 0.133. The van der Waals surface area contributed by atoms with Crippen molar-refractivity contribution < 1.29 is 9.53 Å². The second-order valence-corrected chi connectivity index (χ2v) is 4.47. The van der Waals surface area contributed by atoms with Gasteiger partial charge in [-0.3, -0.25) is 4.79 Å². The maximum absolute atomic E-state index is 10.7. The Hall–Kier alpha value is -1.80. The maximum atomic E-state index is 10.7. The molecule has 2 rings (SSSR count). The fourth-order valence-electron chi connectivity index (χ4n) is 1.95. The molecule has 0 aliphatic rings. The number of rotatable bonds is 3. The van der Waals surface area contributed by atoms with E-state index < -0.39 is 0 Å². The molecule has 0 radical (unpaired) electrons. The van der Waals surface area contributed by atoms with Crippen molar-refractivity contribution in [2.24, 2.45) is 0 Å². The van der Waals surface area contributed by atoms with Crippen molar-refractivity contribution in [3.05, 3.63) is 52.5 Å². The predicted molar refractivity (Wildman–Crippen MR) is 73.6 cm³/mol. The van der Waals surface area contributed by atoms with Crippen LogP contribution in [0.25, 0.3) is 11.1 Å². The van der Waals surface area contributed by atoms with Crippen LogP contribution >= 0.6 is 11.6 Å². The van der Waals surface area contributed by atoms with Crippen LogP contribution in [0.4, 0.5) is 0 Å². The van der Waals surface area contributed by atoms with Crippen molar-refractivity contribution in [3.8, 4) is 16.9 Å². The van der Waals surface area contributed by atoms with Gasteiger partial charge in [-0.2, -0.15) is 0 Å². The van der Waals surface area contributed by atoms with Crippen molar-refractivity contribution in [3.63, 3.8) is 0 Å². The van der Waals surface area contributed by atoms with E-state index in [9.17, 15) is 4.79 Å². The zero-order valence-corrected chi connectivity index (χ0v) is 11.0. The number of benzene rings is 2. The van der Waals surface area contributed by atoms with Gasteiger partial charge in [0.25, 0.3) is 0 Å². The van der Waals surface area contributed by atoms with Crippen molar-refractivity contribution in [1.29, 1.82) is 0 Å². The molecule has 0 amide bonds. The highest BCUT2D eigenvalue weighted by Gasteiger charge is 2.09. The molecule has 0 spiro atoms. The van der Waals surface area contributed by atoms with Crippen molar-refractivity contribution >= 4 is 17.9 Å². The van der Waals surface area contributed by atoms with Gasteiger partial charge in [0.1, 0.15) is 12.0 Å². The van der Waals surface area contributed by atoms with Crippen LogP contribution in [-0.2, 0) is 0 Å². The first kappa shape index (κ1) is 12.7. The zero-order valence-electron chi connectivity index (χ0n) is 10.2. The Morgan fingerprint density at radius 2 is 1.89 bits per heavy atom. The van der Waals surface area contributed by atoms with Crippen molar-refractivity contribution in [1.82, 2.24) is 0 Å². The van der Waals surface area contributed by atoms with Gasteiger partial charge in [-0.05, 0) is 42.3 Å². The summed E-state index contributed by atoms with van der Waals surface area (Å²) in [5.41, 5.74) is 3.62. The van der Waals surface area contributed by atoms with Crippen molar-refractivity contribution in [2.45, 2.75) is 6.92 Å². The monoisotopic (exact) mass is 260 g/mol. The zero-order chi connectivity index (χ0) is 13.1. The summed E-state index contributed by atoms with van der Waals surface area (Å²) in [6, 6.07) is 11.0. The van der Waals surface area contributed by atoms with Crippen LogP contribution < -0.4 is 4.74 Å². The Kier molecular flexibility index (Phi) is 3.68. The SMILES string of the molecule is COc1ccc(Cl)cc1-c1ccc(C=O)cc1C. The number of methoxy groups -OCH3 is 1. The first-order valence-corrected chi connectivity index (χ1v) is 5.93. The summed E-state index contributed by atoms with van der Waals surface area (Å²) in [6.07, 6.45) is 0.839. The first-order chi connectivity index (χ1) is 8.65. The van der Waals surface area contributed by atoms with Crippen LogP contribution in [-0.4, -0.2) is 13.4 Å². The average molecular weight is 261 g/mol. The Morgan fingerprint density at radius 3 is 2.50 bits per heavy atom. The number of halogens is 1. The average Bonchev–Trinajstić information content (AvgIpc) is 2.38. The van der Waals surface area contributed by atoms with E-state index in [2.05, 4.69) is 0 Å². The normalized spacial score (nSPS) is 10.2. The molecule has 0 aromatic heterocycles. The van der Waals surface area contributed by atoms with E-state index in [0.29, 0.717) is 10.6 Å². The van der Waals surface area contributed by atoms with E-state index in [1.807, 2.05) is 31.2 Å². The molecule has 0 unspecified atom stereocenters. The second kappa shape index (κ2) is 5.23. The van der Waals surface area contributed by atoms with Gasteiger partial charge in [0.2, 0.25) is 0 Å². The number of hydrogen-bond donors (Lipinski definition) is 0. The minimum Gasteiger partial charge on any atom is -0.496 e. The standard InChI is InChI=1S/C15H13ClO2/c1-10-7-11(9-17)3-5-13(10)14-8-12(16)4-6-15(14)18-2/h3-9H,1-2H3. The highest BCUT2D eigenvalue weighted by Crippen LogP contribution is 2.34. The number of ether oxygens (including phenoxy) is 1. The molecule has 0 saturated carbocycles. The number of aryl methyl sites for hydroxylation is 1. The number of carbonyl (C=O) groups excluding carboxylic acids is 1. The van der Waals surface area contributed by atoms with Crippen LogP contribution in [0, 0.1) is 6.92 Å². The fourth-order valence-corrected chi connectivity index (χ4v) is 2.13. The van der Waals surface area contributed by atoms with Gasteiger partial charge in [0.05, 0.1) is 7.11 Å². The molecule has 2 aromatic rings. The van der Waals surface area contributed by atoms with E-state index in [-0.39, 0.29) is 0 Å². The topological polar surface area (TPSA) is 26.3 Å². The van der Waals surface area contributed by atoms with Crippen LogP contribution in [0.2, 0.25) is 5.02 Å². The molecule has 0 N–H and O–H groups in total. The molecule has 3 heteroatoms. The lowest BCUT2D eigenvalue weighted by atomic mass is 9.98. The minimum absolute atomic E-state index is 0.657. The molecule has 2 aromatic carbocycles. The van der Waals surface area contributed by atoms with Gasteiger partial charge in [-0.25, -0.2) is 0 Å². The lowest BCUT2D eigenvalue weighted by molar-refractivity contribution is 0.112. The Morgan fingerprint density at radius 1 is 1.11 bits per heavy atom. The Balaban J connectivity index is 2.61. The summed E-state index contributed by atoms with van der Waals surface area (Å²) in [5, 5.41) is 0.657. The Bertz CT molecular complexity index is 591. The lowest BCUT2D eigenvalue weighted by Gasteiger charge is -2.12. The highest BCUT2D eigenvalue weighted by atomic mass is 35.5. The van der Waals surface area contributed by atoms with Gasteiger partial charge in [0, 0.05) is 16.1 Å². The van der Waals surface area contributed by atoms with Crippen LogP contribution in [0.3, 0.4) is 0 Å². The molecular weight excluding hydrogens is 248 g/mol. The smallest absolute Gasteiger partial charge is 0.150 e. The number of aldehydes is 1. The predicted octanol–water partition coefficient (Wildman–Crippen LogP) is 4.14. The van der Waals surface area contributed by atoms with Gasteiger partial charge >= 0.3 is 0 Å². The van der Waals surface area contributed by atoms with Gasteiger partial charge < -0.3 is 4.74 Å². The summed E-state index contributed by atoms with van der Waals surface area (Å²) < 4.78 is 5.34. The molecule has 0 heterocycles. The van der Waals surface area contributed by atoms with E-state index in [1.54, 1.807) is 19.2 Å². The van der Waals surface area contributed by atoms with E-state index in [1.165, 1.54) is 0 Å². The third-order valence-electron chi connectivity index (χ3n) is 2.84. The van der Waals surface area contributed by atoms with Crippen LogP contribution in [0.15, 0.2) is 36.4 Å². The summed E-state index contributed by atoms with van der Waals surface area (Å²) in [6.45, 7) is 1.96. The lowest BCUT2D eigenvalue weighted by Crippen LogP contribution is -1.91. The molecule has 0 aliphatic heterocycles. The molecule has 92 valence electrons. The van der Waals surface area contributed by atoms with E-state index in [0.717, 1.165) is 28.7 Å². The van der Waals surface area contributed by atoms with Gasteiger partial charge in [-0.1, -0.05) is 23.7 Å². The van der Waals surface area contributed by atoms with Crippen LogP contribution in [0.5, 0.6) is 5.75 Å². The molecule has 0 aliphatic carbocycles. The van der Waals surface area contributed by atoms with Crippen LogP contribution in [0.1, 0.15) is 15.9 Å². The molecule has 0 atom stereocenters. The first-order valence-electron chi connectivity index (χ1n) is 5.55. The van der Waals surface area contributed by atoms with E-state index in [4.69, 9.17) is 16.3 Å². The molecule has 0 bridgehead atoms. The summed E-state index contributed by atoms with van der Waals surface area (Å²) in [4.78, 5) is 10.7. The van der Waals surface area contributed by atoms with Gasteiger partial charge in [-0.15, -0.1) is 0 Å². The third-order valence-corrected chi connectivity index (χ3v) is 3.07. The molecule has 18 heavy (non-hydrogen) atoms. The molecular formula is C15H13ClO2. The number of hydrogen-bond acceptors (Lipinski definition) is 2.